The first kappa shape index (κ1) is 22.4. The zero-order chi connectivity index (χ0) is 22.2. The van der Waals surface area contributed by atoms with Crippen LogP contribution in [0.15, 0.2) is 72.3 Å². The zero-order valence-corrected chi connectivity index (χ0v) is 18.4. The van der Waals surface area contributed by atoms with Crippen molar-refractivity contribution in [2.45, 2.75) is 20.0 Å². The van der Waals surface area contributed by atoms with Crippen LogP contribution in [0.2, 0.25) is 10.0 Å². The minimum Gasteiger partial charge on any atom is -0.488 e. The van der Waals surface area contributed by atoms with Gasteiger partial charge in [0, 0.05) is 11.3 Å². The third-order valence-electron chi connectivity index (χ3n) is 4.61. The van der Waals surface area contributed by atoms with Crippen molar-refractivity contribution in [2.75, 3.05) is 5.32 Å². The topological polar surface area (TPSA) is 62.1 Å². The smallest absolute Gasteiger partial charge is 0.266 e. The van der Waals surface area contributed by atoms with Crippen LogP contribution in [0, 0.1) is 11.3 Å². The number of nitriles is 1. The number of rotatable bonds is 7. The molecule has 0 saturated heterocycles. The first-order valence-electron chi connectivity index (χ1n) is 9.68. The number of hydrogen-bond acceptors (Lipinski definition) is 3. The Morgan fingerprint density at radius 1 is 1.06 bits per heavy atom. The van der Waals surface area contributed by atoms with Gasteiger partial charge in [0.05, 0.1) is 10.0 Å². The first-order valence-corrected chi connectivity index (χ1v) is 10.4. The van der Waals surface area contributed by atoms with Crippen LogP contribution in [0.5, 0.6) is 5.75 Å². The van der Waals surface area contributed by atoms with Crippen molar-refractivity contribution in [2.24, 2.45) is 0 Å². The van der Waals surface area contributed by atoms with Crippen LogP contribution in [-0.4, -0.2) is 5.91 Å². The fraction of sp³-hybridized carbons (Fsp3) is 0.120. The van der Waals surface area contributed by atoms with Crippen molar-refractivity contribution in [1.29, 1.82) is 5.26 Å². The van der Waals surface area contributed by atoms with Gasteiger partial charge in [0.25, 0.3) is 5.91 Å². The number of halogens is 2. The van der Waals surface area contributed by atoms with Crippen LogP contribution in [0.4, 0.5) is 5.69 Å². The van der Waals surface area contributed by atoms with Crippen LogP contribution in [0.3, 0.4) is 0 Å². The van der Waals surface area contributed by atoms with E-state index in [1.54, 1.807) is 24.3 Å². The van der Waals surface area contributed by atoms with Crippen molar-refractivity contribution in [1.82, 2.24) is 0 Å². The van der Waals surface area contributed by atoms with Gasteiger partial charge in [-0.1, -0.05) is 72.6 Å². The Balaban J connectivity index is 1.80. The summed E-state index contributed by atoms with van der Waals surface area (Å²) in [5.41, 5.74) is 3.15. The van der Waals surface area contributed by atoms with Crippen LogP contribution in [-0.2, 0) is 17.8 Å². The van der Waals surface area contributed by atoms with Crippen LogP contribution in [0.25, 0.3) is 6.08 Å². The maximum absolute atomic E-state index is 12.7. The van der Waals surface area contributed by atoms with E-state index in [0.29, 0.717) is 27.0 Å². The maximum atomic E-state index is 12.7. The van der Waals surface area contributed by atoms with Gasteiger partial charge in [-0.15, -0.1) is 0 Å². The molecule has 4 nitrogen and oxygen atoms in total. The SMILES string of the molecule is CCc1ccccc1NC(=O)/C(C#N)=C/c1ccccc1OCc1ccc(Cl)c(Cl)c1. The van der Waals surface area contributed by atoms with E-state index in [0.717, 1.165) is 17.5 Å². The molecule has 0 unspecified atom stereocenters. The number of hydrogen-bond donors (Lipinski definition) is 1. The van der Waals surface area contributed by atoms with E-state index < -0.39 is 5.91 Å². The molecule has 0 fully saturated rings. The summed E-state index contributed by atoms with van der Waals surface area (Å²) in [5, 5.41) is 13.3. The molecule has 0 radical (unpaired) electrons. The quantitative estimate of drug-likeness (QED) is 0.322. The number of carbonyl (C=O) groups excluding carboxylic acids is 1. The van der Waals surface area contributed by atoms with E-state index >= 15 is 0 Å². The van der Waals surface area contributed by atoms with Crippen LogP contribution < -0.4 is 10.1 Å². The molecule has 3 aromatic rings. The number of nitrogens with one attached hydrogen (secondary N) is 1. The van der Waals surface area contributed by atoms with E-state index in [2.05, 4.69) is 5.32 Å². The molecule has 31 heavy (non-hydrogen) atoms. The fourth-order valence-corrected chi connectivity index (χ4v) is 3.29. The molecule has 0 atom stereocenters. The maximum Gasteiger partial charge on any atom is 0.266 e. The number of anilines is 1. The lowest BCUT2D eigenvalue weighted by Gasteiger charge is -2.11. The highest BCUT2D eigenvalue weighted by molar-refractivity contribution is 6.42. The number of aryl methyl sites for hydroxylation is 1. The molecule has 0 aliphatic rings. The summed E-state index contributed by atoms with van der Waals surface area (Å²) in [6, 6.07) is 22.0. The van der Waals surface area contributed by atoms with Gasteiger partial charge in [0.1, 0.15) is 24.0 Å². The zero-order valence-electron chi connectivity index (χ0n) is 16.9. The van der Waals surface area contributed by atoms with E-state index in [9.17, 15) is 10.1 Å². The number of benzene rings is 3. The summed E-state index contributed by atoms with van der Waals surface area (Å²) >= 11 is 12.0. The fourth-order valence-electron chi connectivity index (χ4n) is 2.97. The standard InChI is InChI=1S/C25H20Cl2N2O2/c1-2-18-7-3-5-9-23(18)29-25(30)20(15-28)14-19-8-4-6-10-24(19)31-16-17-11-12-21(26)22(27)13-17/h3-14H,2,16H2,1H3,(H,29,30)/b20-14+. The number of para-hydroxylation sites is 2. The molecule has 6 heteroatoms. The highest BCUT2D eigenvalue weighted by atomic mass is 35.5. The Bertz CT molecular complexity index is 1170. The molecule has 1 amide bonds. The monoisotopic (exact) mass is 450 g/mol. The molecular weight excluding hydrogens is 431 g/mol. The van der Waals surface area contributed by atoms with Crippen molar-refractivity contribution in [3.8, 4) is 11.8 Å². The molecule has 0 aromatic heterocycles. The molecule has 3 rings (SSSR count). The first-order chi connectivity index (χ1) is 15.0. The van der Waals surface area contributed by atoms with Crippen molar-refractivity contribution < 1.29 is 9.53 Å². The molecule has 3 aromatic carbocycles. The van der Waals surface area contributed by atoms with E-state index in [4.69, 9.17) is 27.9 Å². The van der Waals surface area contributed by atoms with Crippen LogP contribution >= 0.6 is 23.2 Å². The highest BCUT2D eigenvalue weighted by Gasteiger charge is 2.13. The lowest BCUT2D eigenvalue weighted by Crippen LogP contribution is -2.14. The minimum absolute atomic E-state index is 0.0171. The van der Waals surface area contributed by atoms with Gasteiger partial charge in [-0.3, -0.25) is 4.79 Å². The molecule has 156 valence electrons. The Kier molecular flexibility index (Phi) is 7.72. The third-order valence-corrected chi connectivity index (χ3v) is 5.35. The largest absolute Gasteiger partial charge is 0.488 e. The summed E-state index contributed by atoms with van der Waals surface area (Å²) in [6.45, 7) is 2.27. The summed E-state index contributed by atoms with van der Waals surface area (Å²) in [7, 11) is 0. The Morgan fingerprint density at radius 2 is 1.81 bits per heavy atom. The molecule has 0 aliphatic carbocycles. The lowest BCUT2D eigenvalue weighted by molar-refractivity contribution is -0.112. The van der Waals surface area contributed by atoms with Gasteiger partial charge in [-0.25, -0.2) is 0 Å². The average molecular weight is 451 g/mol. The predicted molar refractivity (Wildman–Crippen MR) is 125 cm³/mol. The molecule has 0 spiro atoms. The summed E-state index contributed by atoms with van der Waals surface area (Å²) < 4.78 is 5.91. The van der Waals surface area contributed by atoms with E-state index in [1.807, 2.05) is 55.5 Å². The number of amides is 1. The summed E-state index contributed by atoms with van der Waals surface area (Å²) in [5.74, 6) is 0.0748. The Hall–Kier alpha value is -3.26. The second kappa shape index (κ2) is 10.7. The summed E-state index contributed by atoms with van der Waals surface area (Å²) in [6.07, 6.45) is 2.29. The average Bonchev–Trinajstić information content (AvgIpc) is 2.79. The van der Waals surface area contributed by atoms with Gasteiger partial charge in [0.2, 0.25) is 0 Å². The van der Waals surface area contributed by atoms with Gasteiger partial charge in [-0.05, 0) is 47.9 Å². The molecular formula is C25H20Cl2N2O2. The predicted octanol–water partition coefficient (Wildman–Crippen LogP) is 6.68. The molecule has 0 aliphatic heterocycles. The van der Waals surface area contributed by atoms with Gasteiger partial charge < -0.3 is 10.1 Å². The van der Waals surface area contributed by atoms with Gasteiger partial charge in [-0.2, -0.15) is 5.26 Å². The van der Waals surface area contributed by atoms with Gasteiger partial charge in [0.15, 0.2) is 0 Å². The van der Waals surface area contributed by atoms with Gasteiger partial charge >= 0.3 is 0 Å². The molecule has 0 bridgehead atoms. The molecule has 1 N–H and O–H groups in total. The Morgan fingerprint density at radius 3 is 2.55 bits per heavy atom. The summed E-state index contributed by atoms with van der Waals surface area (Å²) in [4.78, 5) is 12.7. The molecule has 0 heterocycles. The van der Waals surface area contributed by atoms with Crippen molar-refractivity contribution >= 4 is 40.9 Å². The third kappa shape index (κ3) is 5.88. The van der Waals surface area contributed by atoms with E-state index in [1.165, 1.54) is 6.08 Å². The highest BCUT2D eigenvalue weighted by Crippen LogP contribution is 2.26. The second-order valence-corrected chi connectivity index (χ2v) is 7.52. The lowest BCUT2D eigenvalue weighted by atomic mass is 10.1. The van der Waals surface area contributed by atoms with Crippen LogP contribution in [0.1, 0.15) is 23.6 Å². The Labute approximate surface area is 191 Å². The number of nitrogens with zero attached hydrogens (tertiary/aromatic N) is 1. The number of ether oxygens (including phenoxy) is 1. The number of carbonyl (C=O) groups is 1. The van der Waals surface area contributed by atoms with Crippen molar-refractivity contribution in [3.05, 3.63) is 99.0 Å². The normalized spacial score (nSPS) is 11.0. The second-order valence-electron chi connectivity index (χ2n) is 6.71. The minimum atomic E-state index is -0.470. The van der Waals surface area contributed by atoms with E-state index in [-0.39, 0.29) is 12.2 Å². The van der Waals surface area contributed by atoms with Crippen molar-refractivity contribution in [3.63, 3.8) is 0 Å². The molecule has 0 saturated carbocycles.